The number of aromatic nitrogens is 3. The monoisotopic (exact) mass is 437 g/mol. The summed E-state index contributed by atoms with van der Waals surface area (Å²) in [4.78, 5) is 22.7. The number of anilines is 1. The highest BCUT2D eigenvalue weighted by atomic mass is 19.4. The van der Waals surface area contributed by atoms with Crippen LogP contribution >= 0.6 is 0 Å². The first-order chi connectivity index (χ1) is 15.2. The summed E-state index contributed by atoms with van der Waals surface area (Å²) in [6.07, 6.45) is 2.69. The van der Waals surface area contributed by atoms with Gasteiger partial charge in [-0.25, -0.2) is 9.97 Å². The van der Waals surface area contributed by atoms with Crippen molar-refractivity contribution in [2.24, 2.45) is 5.73 Å². The number of hydrogen-bond donors (Lipinski definition) is 3. The third kappa shape index (κ3) is 4.31. The Morgan fingerprint density at radius 1 is 1.09 bits per heavy atom. The minimum Gasteiger partial charge on any atom is -0.373 e. The van der Waals surface area contributed by atoms with Crippen molar-refractivity contribution < 1.29 is 18.0 Å². The molecule has 9 heteroatoms. The number of halogens is 3. The van der Waals surface area contributed by atoms with E-state index in [0.29, 0.717) is 22.6 Å². The predicted molar refractivity (Wildman–Crippen MR) is 118 cm³/mol. The van der Waals surface area contributed by atoms with Crippen molar-refractivity contribution in [3.05, 3.63) is 72.2 Å². The van der Waals surface area contributed by atoms with E-state index in [1.54, 1.807) is 31.6 Å². The Morgan fingerprint density at radius 3 is 2.62 bits per heavy atom. The number of fused-ring (bicyclic) bond motifs is 1. The van der Waals surface area contributed by atoms with Crippen molar-refractivity contribution in [1.29, 1.82) is 0 Å². The van der Waals surface area contributed by atoms with E-state index >= 15 is 0 Å². The van der Waals surface area contributed by atoms with Crippen LogP contribution in [0.4, 0.5) is 19.0 Å². The summed E-state index contributed by atoms with van der Waals surface area (Å²) >= 11 is 0. The van der Waals surface area contributed by atoms with Crippen LogP contribution in [0.2, 0.25) is 0 Å². The highest BCUT2D eigenvalue weighted by Crippen LogP contribution is 2.36. The highest BCUT2D eigenvalue weighted by molar-refractivity contribution is 5.96. The molecule has 162 valence electrons. The summed E-state index contributed by atoms with van der Waals surface area (Å²) in [5.41, 5.74) is 7.60. The van der Waals surface area contributed by atoms with E-state index in [1.165, 1.54) is 12.3 Å². The van der Waals surface area contributed by atoms with Gasteiger partial charge in [0.05, 0.1) is 5.56 Å². The Morgan fingerprint density at radius 2 is 1.91 bits per heavy atom. The average Bonchev–Trinajstić information content (AvgIpc) is 3.20. The number of H-pyrrole nitrogens is 1. The van der Waals surface area contributed by atoms with Gasteiger partial charge in [0.2, 0.25) is 5.91 Å². The van der Waals surface area contributed by atoms with Crippen molar-refractivity contribution in [2.75, 3.05) is 12.4 Å². The number of carbonyl (C=O) groups excluding carboxylic acids is 1. The van der Waals surface area contributed by atoms with E-state index in [0.717, 1.165) is 34.7 Å². The molecule has 0 atom stereocenters. The summed E-state index contributed by atoms with van der Waals surface area (Å²) in [5, 5.41) is 3.73. The van der Waals surface area contributed by atoms with Crippen molar-refractivity contribution in [1.82, 2.24) is 15.0 Å². The fourth-order valence-corrected chi connectivity index (χ4v) is 3.39. The van der Waals surface area contributed by atoms with Crippen LogP contribution in [-0.4, -0.2) is 27.9 Å². The molecule has 6 nitrogen and oxygen atoms in total. The zero-order valence-electron chi connectivity index (χ0n) is 16.9. The van der Waals surface area contributed by atoms with Crippen LogP contribution in [-0.2, 0) is 11.0 Å². The van der Waals surface area contributed by atoms with E-state index < -0.39 is 17.6 Å². The SMILES string of the molecule is CNc1cc(-c2c[nH]c3ncc(-c4cc(C=CC(N)=O)cc(C(F)(F)F)c4)cc23)ccn1. The molecule has 3 heterocycles. The summed E-state index contributed by atoms with van der Waals surface area (Å²) in [7, 11) is 1.76. The number of benzene rings is 1. The number of nitrogens with two attached hydrogens (primary N) is 1. The number of hydrogen-bond acceptors (Lipinski definition) is 4. The van der Waals surface area contributed by atoms with Gasteiger partial charge < -0.3 is 16.0 Å². The lowest BCUT2D eigenvalue weighted by atomic mass is 9.98. The number of nitrogens with zero attached hydrogens (tertiary/aromatic N) is 2. The first-order valence-corrected chi connectivity index (χ1v) is 9.56. The number of rotatable bonds is 5. The molecule has 32 heavy (non-hydrogen) atoms. The van der Waals surface area contributed by atoms with Crippen LogP contribution in [0.15, 0.2) is 61.1 Å². The molecule has 1 amide bonds. The molecule has 3 aromatic heterocycles. The van der Waals surface area contributed by atoms with Crippen molar-refractivity contribution in [3.8, 4) is 22.3 Å². The van der Waals surface area contributed by atoms with E-state index in [9.17, 15) is 18.0 Å². The minimum absolute atomic E-state index is 0.204. The van der Waals surface area contributed by atoms with Crippen molar-refractivity contribution >= 4 is 28.8 Å². The Labute approximate surface area is 181 Å². The number of amides is 1. The van der Waals surface area contributed by atoms with Gasteiger partial charge in [-0.05, 0) is 59.2 Å². The van der Waals surface area contributed by atoms with Crippen LogP contribution in [0.1, 0.15) is 11.1 Å². The molecular formula is C23H18F3N5O. The number of aromatic amines is 1. The summed E-state index contributed by atoms with van der Waals surface area (Å²) in [6, 6.07) is 9.06. The van der Waals surface area contributed by atoms with E-state index in [-0.39, 0.29) is 5.56 Å². The van der Waals surface area contributed by atoms with E-state index in [4.69, 9.17) is 5.73 Å². The molecule has 0 radical (unpaired) electrons. The molecule has 0 aliphatic heterocycles. The molecule has 0 aliphatic carbocycles. The van der Waals surface area contributed by atoms with Gasteiger partial charge in [-0.1, -0.05) is 0 Å². The summed E-state index contributed by atoms with van der Waals surface area (Å²) in [5.74, 6) is -0.0629. The second kappa shape index (κ2) is 8.18. The normalized spacial score (nSPS) is 11.9. The maximum atomic E-state index is 13.5. The standard InChI is InChI=1S/C23H18F3N5O/c1-28-21-10-14(4-5-29-21)19-12-31-22-18(19)9-16(11-30-22)15-6-13(2-3-20(27)32)7-17(8-15)23(24,25)26/h2-12H,1H3,(H2,27,32)(H,28,29)(H,30,31). The average molecular weight is 437 g/mol. The smallest absolute Gasteiger partial charge is 0.373 e. The van der Waals surface area contributed by atoms with Gasteiger partial charge in [0.25, 0.3) is 0 Å². The number of alkyl halides is 3. The zero-order chi connectivity index (χ0) is 22.9. The molecule has 1 aromatic carbocycles. The predicted octanol–water partition coefficient (Wildman–Crippen LogP) is 4.85. The lowest BCUT2D eigenvalue weighted by Crippen LogP contribution is -2.06. The maximum absolute atomic E-state index is 13.5. The number of carbonyl (C=O) groups is 1. The Kier molecular flexibility index (Phi) is 5.40. The van der Waals surface area contributed by atoms with Crippen LogP contribution in [0, 0.1) is 0 Å². The lowest BCUT2D eigenvalue weighted by molar-refractivity contribution is -0.137. The Balaban J connectivity index is 1.86. The number of pyridine rings is 2. The van der Waals surface area contributed by atoms with Gasteiger partial charge in [-0.3, -0.25) is 4.79 Å². The maximum Gasteiger partial charge on any atom is 0.416 e. The van der Waals surface area contributed by atoms with Gasteiger partial charge in [0.15, 0.2) is 0 Å². The van der Waals surface area contributed by atoms with Gasteiger partial charge in [-0.15, -0.1) is 0 Å². The van der Waals surface area contributed by atoms with E-state index in [2.05, 4.69) is 20.3 Å². The summed E-state index contributed by atoms with van der Waals surface area (Å²) < 4.78 is 40.4. The summed E-state index contributed by atoms with van der Waals surface area (Å²) in [6.45, 7) is 0. The molecule has 4 N–H and O–H groups in total. The van der Waals surface area contributed by atoms with Crippen LogP contribution in [0.3, 0.4) is 0 Å². The fraction of sp³-hybridized carbons (Fsp3) is 0.0870. The third-order valence-electron chi connectivity index (χ3n) is 4.91. The second-order valence-corrected chi connectivity index (χ2v) is 7.08. The number of nitrogens with one attached hydrogen (secondary N) is 2. The molecule has 0 spiro atoms. The molecule has 0 aliphatic rings. The minimum atomic E-state index is -4.55. The molecule has 4 aromatic rings. The molecule has 0 saturated heterocycles. The molecular weight excluding hydrogens is 419 g/mol. The van der Waals surface area contributed by atoms with Crippen LogP contribution in [0.25, 0.3) is 39.4 Å². The molecule has 0 bridgehead atoms. The second-order valence-electron chi connectivity index (χ2n) is 7.08. The first kappa shape index (κ1) is 21.1. The van der Waals surface area contributed by atoms with E-state index in [1.807, 2.05) is 12.1 Å². The molecule has 0 fully saturated rings. The van der Waals surface area contributed by atoms with Crippen molar-refractivity contribution in [3.63, 3.8) is 0 Å². The lowest BCUT2D eigenvalue weighted by Gasteiger charge is -2.11. The zero-order valence-corrected chi connectivity index (χ0v) is 16.9. The van der Waals surface area contributed by atoms with Crippen molar-refractivity contribution in [2.45, 2.75) is 6.18 Å². The molecule has 4 rings (SSSR count). The van der Waals surface area contributed by atoms with Gasteiger partial charge in [0.1, 0.15) is 11.5 Å². The first-order valence-electron chi connectivity index (χ1n) is 9.56. The number of primary amides is 1. The fourth-order valence-electron chi connectivity index (χ4n) is 3.39. The Hall–Kier alpha value is -4.14. The van der Waals surface area contributed by atoms with Crippen LogP contribution < -0.4 is 11.1 Å². The van der Waals surface area contributed by atoms with Gasteiger partial charge >= 0.3 is 6.18 Å². The largest absolute Gasteiger partial charge is 0.416 e. The quantitative estimate of drug-likeness (QED) is 0.389. The van der Waals surface area contributed by atoms with Gasteiger partial charge in [0, 0.05) is 48.2 Å². The topological polar surface area (TPSA) is 96.7 Å². The third-order valence-corrected chi connectivity index (χ3v) is 4.91. The molecule has 0 unspecified atom stereocenters. The molecule has 0 saturated carbocycles. The Bertz CT molecular complexity index is 1340. The van der Waals surface area contributed by atoms with Gasteiger partial charge in [-0.2, -0.15) is 13.2 Å². The van der Waals surface area contributed by atoms with Crippen LogP contribution in [0.5, 0.6) is 0 Å². The highest BCUT2D eigenvalue weighted by Gasteiger charge is 2.31.